The third-order valence-corrected chi connectivity index (χ3v) is 5.93. The zero-order valence-corrected chi connectivity index (χ0v) is 20.2. The summed E-state index contributed by atoms with van der Waals surface area (Å²) in [5, 5.41) is 14.1. The predicted molar refractivity (Wildman–Crippen MR) is 141 cm³/mol. The van der Waals surface area contributed by atoms with Crippen LogP contribution in [0, 0.1) is 0 Å². The van der Waals surface area contributed by atoms with E-state index in [-0.39, 0.29) is 18.6 Å². The number of ether oxygens (including phenoxy) is 1. The summed E-state index contributed by atoms with van der Waals surface area (Å²) in [6, 6.07) is 26.3. The van der Waals surface area contributed by atoms with Crippen molar-refractivity contribution in [3.05, 3.63) is 107 Å². The van der Waals surface area contributed by atoms with E-state index in [1.54, 1.807) is 12.1 Å². The average Bonchev–Trinajstić information content (AvgIpc) is 2.90. The Bertz CT molecular complexity index is 1310. The molecule has 4 rings (SSSR count). The Morgan fingerprint density at radius 3 is 2.49 bits per heavy atom. The van der Waals surface area contributed by atoms with Crippen molar-refractivity contribution < 1.29 is 14.6 Å². The fourth-order valence-corrected chi connectivity index (χ4v) is 3.75. The van der Waals surface area contributed by atoms with Crippen molar-refractivity contribution in [1.29, 1.82) is 0 Å². The number of halogens is 1. The molecule has 4 aromatic rings. The van der Waals surface area contributed by atoms with Crippen LogP contribution in [0.25, 0.3) is 22.6 Å². The van der Waals surface area contributed by atoms with Crippen LogP contribution < -0.4 is 10.1 Å². The molecule has 1 amide bonds. The van der Waals surface area contributed by atoms with Gasteiger partial charge in [-0.1, -0.05) is 67.1 Å². The molecule has 5 nitrogen and oxygen atoms in total. The van der Waals surface area contributed by atoms with E-state index < -0.39 is 0 Å². The number of para-hydroxylation sites is 1. The number of aliphatic hydroxyl groups excluding tert-OH is 1. The maximum Gasteiger partial charge on any atom is 0.252 e. The lowest BCUT2D eigenvalue weighted by Crippen LogP contribution is -2.37. The van der Waals surface area contributed by atoms with Gasteiger partial charge in [-0.25, -0.2) is 4.98 Å². The highest BCUT2D eigenvalue weighted by atomic mass is 35.5. The minimum Gasteiger partial charge on any atom is -0.487 e. The second kappa shape index (κ2) is 11.6. The van der Waals surface area contributed by atoms with E-state index in [9.17, 15) is 9.90 Å². The van der Waals surface area contributed by atoms with Crippen LogP contribution in [-0.2, 0) is 11.4 Å². The van der Waals surface area contributed by atoms with Crippen molar-refractivity contribution in [3.8, 4) is 5.75 Å². The smallest absolute Gasteiger partial charge is 0.252 e. The van der Waals surface area contributed by atoms with Gasteiger partial charge in [0.15, 0.2) is 0 Å². The van der Waals surface area contributed by atoms with Gasteiger partial charge in [0.2, 0.25) is 0 Å². The van der Waals surface area contributed by atoms with Crippen LogP contribution in [0.3, 0.4) is 0 Å². The molecule has 0 spiro atoms. The minimum atomic E-state index is -0.312. The first-order chi connectivity index (χ1) is 17.1. The molecule has 0 fully saturated rings. The van der Waals surface area contributed by atoms with Crippen molar-refractivity contribution in [3.63, 3.8) is 0 Å². The molecule has 3 aromatic carbocycles. The Morgan fingerprint density at radius 1 is 1.03 bits per heavy atom. The third-order valence-electron chi connectivity index (χ3n) is 5.68. The maximum atomic E-state index is 13.1. The number of nitrogens with zero attached hydrogens (tertiary/aromatic N) is 1. The molecule has 0 aliphatic carbocycles. The van der Waals surface area contributed by atoms with Gasteiger partial charge in [-0.15, -0.1) is 0 Å². The van der Waals surface area contributed by atoms with Gasteiger partial charge in [-0.2, -0.15) is 0 Å². The van der Waals surface area contributed by atoms with Crippen LogP contribution in [0.1, 0.15) is 30.2 Å². The SMILES string of the molecule is CC[C@@H](CO)NC(=O)C(=Cc1ccc(Cl)cc1)c1ccc(OCc2ccc3ccccc3n2)cc1. The number of fused-ring (bicyclic) bond motifs is 1. The number of carbonyl (C=O) groups is 1. The van der Waals surface area contributed by atoms with Gasteiger partial charge < -0.3 is 15.2 Å². The number of aromatic nitrogens is 1. The number of carbonyl (C=O) groups excluding carboxylic acids is 1. The standard InChI is InChI=1S/C29H27ClN2O3/c1-2-24(18-33)32-29(34)27(17-20-7-12-23(30)13-8-20)21-10-15-26(16-11-21)35-19-25-14-9-22-5-3-4-6-28(22)31-25/h3-17,24,33H,2,18-19H2,1H3,(H,32,34)/t24-/m0/s1. The number of hydrogen-bond donors (Lipinski definition) is 2. The first-order valence-electron chi connectivity index (χ1n) is 11.5. The van der Waals surface area contributed by atoms with Crippen LogP contribution in [0.4, 0.5) is 0 Å². The third kappa shape index (κ3) is 6.47. The van der Waals surface area contributed by atoms with Crippen LogP contribution >= 0.6 is 11.6 Å². The van der Waals surface area contributed by atoms with E-state index in [4.69, 9.17) is 16.3 Å². The Labute approximate surface area is 210 Å². The fraction of sp³-hybridized carbons (Fsp3) is 0.172. The molecule has 0 aliphatic rings. The van der Waals surface area contributed by atoms with E-state index in [1.165, 1.54) is 0 Å². The summed E-state index contributed by atoms with van der Waals surface area (Å²) in [5.74, 6) is 0.423. The van der Waals surface area contributed by atoms with Crippen molar-refractivity contribution in [1.82, 2.24) is 10.3 Å². The number of nitrogens with one attached hydrogen (secondary N) is 1. The highest BCUT2D eigenvalue weighted by Gasteiger charge is 2.16. The number of aliphatic hydroxyl groups is 1. The molecule has 0 aliphatic heterocycles. The molecule has 0 saturated heterocycles. The molecular formula is C29H27ClN2O3. The topological polar surface area (TPSA) is 71.5 Å². The Balaban J connectivity index is 1.53. The zero-order chi connectivity index (χ0) is 24.6. The first kappa shape index (κ1) is 24.5. The van der Waals surface area contributed by atoms with Crippen molar-refractivity contribution in [2.45, 2.75) is 26.0 Å². The lowest BCUT2D eigenvalue weighted by molar-refractivity contribution is -0.116. The van der Waals surface area contributed by atoms with Crippen LogP contribution in [0.15, 0.2) is 84.9 Å². The summed E-state index contributed by atoms with van der Waals surface area (Å²) in [6.07, 6.45) is 2.44. The minimum absolute atomic E-state index is 0.119. The van der Waals surface area contributed by atoms with Gasteiger partial charge in [0, 0.05) is 16.0 Å². The summed E-state index contributed by atoms with van der Waals surface area (Å²) in [7, 11) is 0. The molecule has 0 saturated carbocycles. The van der Waals surface area contributed by atoms with E-state index in [2.05, 4.69) is 10.3 Å². The Hall–Kier alpha value is -3.67. The summed E-state index contributed by atoms with van der Waals surface area (Å²) >= 11 is 6.01. The van der Waals surface area contributed by atoms with E-state index in [0.29, 0.717) is 29.4 Å². The zero-order valence-electron chi connectivity index (χ0n) is 19.4. The summed E-state index contributed by atoms with van der Waals surface area (Å²) in [5.41, 5.74) is 3.84. The number of pyridine rings is 1. The summed E-state index contributed by atoms with van der Waals surface area (Å²) in [4.78, 5) is 17.7. The van der Waals surface area contributed by atoms with Crippen LogP contribution in [-0.4, -0.2) is 28.6 Å². The molecule has 0 bridgehead atoms. The molecule has 0 radical (unpaired) electrons. The fourth-order valence-electron chi connectivity index (χ4n) is 3.62. The van der Waals surface area contributed by atoms with E-state index >= 15 is 0 Å². The lowest BCUT2D eigenvalue weighted by Gasteiger charge is -2.16. The van der Waals surface area contributed by atoms with Gasteiger partial charge in [0.05, 0.1) is 23.9 Å². The molecule has 6 heteroatoms. The second-order valence-corrected chi connectivity index (χ2v) is 8.62. The first-order valence-corrected chi connectivity index (χ1v) is 11.9. The molecular weight excluding hydrogens is 460 g/mol. The normalized spacial score (nSPS) is 12.4. The molecule has 1 atom stereocenters. The number of amides is 1. The molecule has 1 aromatic heterocycles. The maximum absolute atomic E-state index is 13.1. The van der Waals surface area contributed by atoms with Crippen LogP contribution in [0.5, 0.6) is 5.75 Å². The monoisotopic (exact) mass is 486 g/mol. The van der Waals surface area contributed by atoms with Gasteiger partial charge in [-0.3, -0.25) is 4.79 Å². The van der Waals surface area contributed by atoms with Crippen molar-refractivity contribution >= 4 is 40.1 Å². The molecule has 2 N–H and O–H groups in total. The summed E-state index contributed by atoms with van der Waals surface area (Å²) in [6.45, 7) is 2.14. The molecule has 0 unspecified atom stereocenters. The van der Waals surface area contributed by atoms with E-state index in [1.807, 2.05) is 85.8 Å². The molecule has 1 heterocycles. The summed E-state index contributed by atoms with van der Waals surface area (Å²) < 4.78 is 5.94. The highest BCUT2D eigenvalue weighted by Crippen LogP contribution is 2.23. The van der Waals surface area contributed by atoms with Gasteiger partial charge >= 0.3 is 0 Å². The van der Waals surface area contributed by atoms with Gasteiger partial charge in [0.25, 0.3) is 5.91 Å². The predicted octanol–water partition coefficient (Wildman–Crippen LogP) is 5.89. The lowest BCUT2D eigenvalue weighted by atomic mass is 10.0. The molecule has 178 valence electrons. The largest absolute Gasteiger partial charge is 0.487 e. The van der Waals surface area contributed by atoms with Crippen molar-refractivity contribution in [2.75, 3.05) is 6.61 Å². The van der Waals surface area contributed by atoms with E-state index in [0.717, 1.165) is 27.7 Å². The van der Waals surface area contributed by atoms with Crippen LogP contribution in [0.2, 0.25) is 5.02 Å². The Morgan fingerprint density at radius 2 is 1.77 bits per heavy atom. The van der Waals surface area contributed by atoms with Gasteiger partial charge in [0.1, 0.15) is 12.4 Å². The number of rotatable bonds is 9. The number of benzene rings is 3. The van der Waals surface area contributed by atoms with Gasteiger partial charge in [-0.05, 0) is 60.0 Å². The number of hydrogen-bond acceptors (Lipinski definition) is 4. The average molecular weight is 487 g/mol. The molecule has 35 heavy (non-hydrogen) atoms. The van der Waals surface area contributed by atoms with Crippen molar-refractivity contribution in [2.24, 2.45) is 0 Å². The highest BCUT2D eigenvalue weighted by molar-refractivity contribution is 6.30. The second-order valence-electron chi connectivity index (χ2n) is 8.18. The quantitative estimate of drug-likeness (QED) is 0.228. The Kier molecular flexibility index (Phi) is 8.14.